The highest BCUT2D eigenvalue weighted by atomic mass is 35.5. The molecule has 2 atom stereocenters. The zero-order chi connectivity index (χ0) is 18.7. The average Bonchev–Trinajstić information content (AvgIpc) is 3.09. The van der Waals surface area contributed by atoms with Crippen molar-refractivity contribution in [3.8, 4) is 5.75 Å². The smallest absolute Gasteiger partial charge is 0.276 e. The Bertz CT molecular complexity index is 759. The Morgan fingerprint density at radius 3 is 2.85 bits per heavy atom. The number of carbonyl (C=O) groups is 1. The molecule has 1 aromatic carbocycles. The first kappa shape index (κ1) is 19.0. The van der Waals surface area contributed by atoms with Crippen LogP contribution in [-0.2, 0) is 6.61 Å². The molecule has 0 saturated carbocycles. The first-order chi connectivity index (χ1) is 12.5. The third-order valence-electron chi connectivity index (χ3n) is 4.47. The molecule has 0 spiro atoms. The number of hydrogen-bond donors (Lipinski definition) is 1. The van der Waals surface area contributed by atoms with Crippen molar-refractivity contribution in [2.24, 2.45) is 5.73 Å². The van der Waals surface area contributed by atoms with Crippen molar-refractivity contribution in [1.29, 1.82) is 0 Å². The van der Waals surface area contributed by atoms with E-state index in [1.54, 1.807) is 29.2 Å². The highest BCUT2D eigenvalue weighted by Crippen LogP contribution is 2.33. The Labute approximate surface area is 162 Å². The molecule has 1 amide bonds. The van der Waals surface area contributed by atoms with E-state index in [-0.39, 0.29) is 30.3 Å². The van der Waals surface area contributed by atoms with Gasteiger partial charge in [-0.15, -0.1) is 0 Å². The summed E-state index contributed by atoms with van der Waals surface area (Å²) in [4.78, 5) is 14.6. The summed E-state index contributed by atoms with van der Waals surface area (Å²) in [6.45, 7) is 2.67. The van der Waals surface area contributed by atoms with Gasteiger partial charge in [-0.05, 0) is 38.3 Å². The van der Waals surface area contributed by atoms with E-state index in [2.05, 4.69) is 5.16 Å². The molecule has 6 nitrogen and oxygen atoms in total. The largest absolute Gasteiger partial charge is 0.482 e. The lowest BCUT2D eigenvalue weighted by Crippen LogP contribution is -2.51. The summed E-state index contributed by atoms with van der Waals surface area (Å²) in [5.74, 6) is 0.615. The molecule has 0 bridgehead atoms. The molecule has 3 rings (SSSR count). The van der Waals surface area contributed by atoms with Crippen LogP contribution >= 0.6 is 23.2 Å². The highest BCUT2D eigenvalue weighted by molar-refractivity contribution is 6.37. The molecule has 1 fully saturated rings. The van der Waals surface area contributed by atoms with Gasteiger partial charge in [0.05, 0.1) is 10.0 Å². The van der Waals surface area contributed by atoms with E-state index in [0.29, 0.717) is 28.1 Å². The van der Waals surface area contributed by atoms with Crippen LogP contribution < -0.4 is 10.5 Å². The van der Waals surface area contributed by atoms with E-state index in [4.69, 9.17) is 38.2 Å². The molecular weight excluding hydrogens is 377 g/mol. The number of carbonyl (C=O) groups excluding carboxylic acids is 1. The Hall–Kier alpha value is -1.76. The van der Waals surface area contributed by atoms with Crippen LogP contribution in [-0.4, -0.2) is 34.6 Å². The Kier molecular flexibility index (Phi) is 6.06. The summed E-state index contributed by atoms with van der Waals surface area (Å²) in [6, 6.07) is 6.62. The maximum atomic E-state index is 12.8. The molecule has 1 aliphatic rings. The van der Waals surface area contributed by atoms with Gasteiger partial charge in [-0.2, -0.15) is 0 Å². The van der Waals surface area contributed by atoms with Crippen LogP contribution in [0.1, 0.15) is 42.4 Å². The zero-order valence-corrected chi connectivity index (χ0v) is 16.0. The number of para-hydroxylation sites is 1. The number of nitrogens with two attached hydrogens (primary N) is 1. The van der Waals surface area contributed by atoms with Crippen LogP contribution in [0.5, 0.6) is 5.75 Å². The summed E-state index contributed by atoms with van der Waals surface area (Å²) in [7, 11) is 0. The van der Waals surface area contributed by atoms with Crippen molar-refractivity contribution in [3.05, 3.63) is 45.8 Å². The number of nitrogens with zero attached hydrogens (tertiary/aromatic N) is 2. The summed E-state index contributed by atoms with van der Waals surface area (Å²) in [6.07, 6.45) is 2.95. The van der Waals surface area contributed by atoms with Gasteiger partial charge in [0.1, 0.15) is 6.61 Å². The third-order valence-corrected chi connectivity index (χ3v) is 5.07. The lowest BCUT2D eigenvalue weighted by atomic mass is 9.96. The molecule has 2 aromatic rings. The number of halogens is 2. The van der Waals surface area contributed by atoms with Crippen molar-refractivity contribution in [2.45, 2.75) is 44.9 Å². The fraction of sp³-hybridized carbons (Fsp3) is 0.444. The Morgan fingerprint density at radius 1 is 1.42 bits per heavy atom. The van der Waals surface area contributed by atoms with E-state index in [1.807, 2.05) is 6.92 Å². The quantitative estimate of drug-likeness (QED) is 0.826. The number of rotatable bonds is 5. The molecule has 0 radical (unpaired) electrons. The van der Waals surface area contributed by atoms with Crippen molar-refractivity contribution >= 4 is 29.1 Å². The number of likely N-dealkylation sites (tertiary alicyclic amines) is 1. The fourth-order valence-corrected chi connectivity index (χ4v) is 3.66. The summed E-state index contributed by atoms with van der Waals surface area (Å²) < 4.78 is 10.8. The van der Waals surface area contributed by atoms with Crippen LogP contribution in [0.25, 0.3) is 0 Å². The lowest BCUT2D eigenvalue weighted by Gasteiger charge is -2.37. The van der Waals surface area contributed by atoms with E-state index >= 15 is 0 Å². The second kappa shape index (κ2) is 8.29. The van der Waals surface area contributed by atoms with Gasteiger partial charge >= 0.3 is 0 Å². The number of amides is 1. The van der Waals surface area contributed by atoms with Crippen molar-refractivity contribution < 1.29 is 14.1 Å². The number of hydrogen-bond acceptors (Lipinski definition) is 5. The molecule has 2 N–H and O–H groups in total. The van der Waals surface area contributed by atoms with E-state index in [9.17, 15) is 4.79 Å². The van der Waals surface area contributed by atoms with Gasteiger partial charge < -0.3 is 19.9 Å². The standard InChI is InChI=1S/C18H21Cl2N3O3/c1-11(21)16-7-2-3-8-23(16)18(24)15-9-12(26-22-15)10-25-17-13(19)5-4-6-14(17)20/h4-6,9,11,16H,2-3,7-8,10,21H2,1H3. The number of ether oxygens (including phenoxy) is 1. The average molecular weight is 398 g/mol. The Balaban J connectivity index is 1.68. The molecule has 0 aliphatic carbocycles. The molecule has 2 unspecified atom stereocenters. The topological polar surface area (TPSA) is 81.6 Å². The molecule has 1 aromatic heterocycles. The molecular formula is C18H21Cl2N3O3. The predicted molar refractivity (Wildman–Crippen MR) is 99.6 cm³/mol. The minimum atomic E-state index is -0.169. The zero-order valence-electron chi connectivity index (χ0n) is 14.5. The van der Waals surface area contributed by atoms with Gasteiger partial charge in [0.15, 0.2) is 17.2 Å². The van der Waals surface area contributed by atoms with Crippen LogP contribution in [0, 0.1) is 0 Å². The minimum absolute atomic E-state index is 0.0228. The minimum Gasteiger partial charge on any atom is -0.482 e. The normalized spacial score (nSPS) is 18.6. The van der Waals surface area contributed by atoms with Gasteiger partial charge in [-0.3, -0.25) is 4.79 Å². The number of aromatic nitrogens is 1. The summed E-state index contributed by atoms with van der Waals surface area (Å²) in [5.41, 5.74) is 6.29. The van der Waals surface area contributed by atoms with Crippen molar-refractivity contribution in [3.63, 3.8) is 0 Å². The van der Waals surface area contributed by atoms with Crippen LogP contribution in [0.2, 0.25) is 10.0 Å². The van der Waals surface area contributed by atoms with Gasteiger partial charge in [0.2, 0.25) is 0 Å². The lowest BCUT2D eigenvalue weighted by molar-refractivity contribution is 0.0573. The Morgan fingerprint density at radius 2 is 2.15 bits per heavy atom. The van der Waals surface area contributed by atoms with E-state index < -0.39 is 0 Å². The first-order valence-electron chi connectivity index (χ1n) is 8.56. The second-order valence-corrected chi connectivity index (χ2v) is 7.25. The van der Waals surface area contributed by atoms with E-state index in [0.717, 1.165) is 19.3 Å². The second-order valence-electron chi connectivity index (χ2n) is 6.44. The molecule has 1 saturated heterocycles. The van der Waals surface area contributed by atoms with Gasteiger partial charge in [0.25, 0.3) is 5.91 Å². The van der Waals surface area contributed by atoms with Crippen LogP contribution in [0.3, 0.4) is 0 Å². The fourth-order valence-electron chi connectivity index (χ4n) is 3.15. The van der Waals surface area contributed by atoms with Gasteiger partial charge in [-0.25, -0.2) is 0 Å². The third kappa shape index (κ3) is 4.14. The van der Waals surface area contributed by atoms with Gasteiger partial charge in [-0.1, -0.05) is 34.4 Å². The van der Waals surface area contributed by atoms with Crippen LogP contribution in [0.4, 0.5) is 0 Å². The number of benzene rings is 1. The monoisotopic (exact) mass is 397 g/mol. The highest BCUT2D eigenvalue weighted by Gasteiger charge is 2.31. The van der Waals surface area contributed by atoms with E-state index in [1.165, 1.54) is 0 Å². The van der Waals surface area contributed by atoms with Crippen LogP contribution in [0.15, 0.2) is 28.8 Å². The maximum absolute atomic E-state index is 12.8. The molecule has 140 valence electrons. The molecule has 26 heavy (non-hydrogen) atoms. The predicted octanol–water partition coefficient (Wildman–Crippen LogP) is 3.90. The molecule has 8 heteroatoms. The van der Waals surface area contributed by atoms with Gasteiger partial charge in [0, 0.05) is 24.7 Å². The SMILES string of the molecule is CC(N)C1CCCCN1C(=O)c1cc(COc2c(Cl)cccc2Cl)on1. The first-order valence-corrected chi connectivity index (χ1v) is 9.32. The maximum Gasteiger partial charge on any atom is 0.276 e. The summed E-state index contributed by atoms with van der Waals surface area (Å²) >= 11 is 12.1. The summed E-state index contributed by atoms with van der Waals surface area (Å²) in [5, 5.41) is 4.70. The number of piperidine rings is 1. The van der Waals surface area contributed by atoms with Crippen molar-refractivity contribution in [1.82, 2.24) is 10.1 Å². The van der Waals surface area contributed by atoms with Crippen molar-refractivity contribution in [2.75, 3.05) is 6.54 Å². The molecule has 2 heterocycles. The molecule has 1 aliphatic heterocycles.